The topological polar surface area (TPSA) is 92.5 Å². The fourth-order valence-electron chi connectivity index (χ4n) is 1.95. The number of piperazine rings is 1. The van der Waals surface area contributed by atoms with Gasteiger partial charge in [0.2, 0.25) is 17.7 Å². The van der Waals surface area contributed by atoms with Crippen molar-refractivity contribution in [3.05, 3.63) is 0 Å². The Morgan fingerprint density at radius 1 is 1.53 bits per heavy atom. The normalized spacial score (nSPS) is 22.3. The van der Waals surface area contributed by atoms with E-state index in [-0.39, 0.29) is 12.5 Å². The maximum Gasteiger partial charge on any atom is 0.249 e. The quantitative estimate of drug-likeness (QED) is 0.641. The Morgan fingerprint density at radius 2 is 2.18 bits per heavy atom. The smallest absolute Gasteiger partial charge is 0.249 e. The first-order valence-electron chi connectivity index (χ1n) is 5.91. The van der Waals surface area contributed by atoms with Crippen molar-refractivity contribution < 1.29 is 14.4 Å². The van der Waals surface area contributed by atoms with Crippen LogP contribution in [0.5, 0.6) is 0 Å². The Bertz CT molecular complexity index is 330. The molecule has 6 nitrogen and oxygen atoms in total. The van der Waals surface area contributed by atoms with Crippen LogP contribution in [0.3, 0.4) is 0 Å². The molecule has 1 saturated heterocycles. The molecule has 0 radical (unpaired) electrons. The summed E-state index contributed by atoms with van der Waals surface area (Å²) in [6.07, 6.45) is 1.82. The number of hydrogen-bond acceptors (Lipinski definition) is 4. The van der Waals surface area contributed by atoms with Crippen LogP contribution >= 0.6 is 0 Å². The summed E-state index contributed by atoms with van der Waals surface area (Å²) < 4.78 is 0. The van der Waals surface area contributed by atoms with Gasteiger partial charge in [-0.2, -0.15) is 0 Å². The first kappa shape index (κ1) is 13.6. The van der Waals surface area contributed by atoms with Crippen LogP contribution in [-0.2, 0) is 14.4 Å². The highest BCUT2D eigenvalue weighted by molar-refractivity contribution is 6.04. The van der Waals surface area contributed by atoms with Crippen molar-refractivity contribution in [2.24, 2.45) is 5.73 Å². The summed E-state index contributed by atoms with van der Waals surface area (Å²) in [5.41, 5.74) is 5.73. The minimum Gasteiger partial charge on any atom is -0.320 e. The molecule has 1 fully saturated rings. The van der Waals surface area contributed by atoms with Crippen LogP contribution < -0.4 is 11.1 Å². The summed E-state index contributed by atoms with van der Waals surface area (Å²) in [7, 11) is 0. The maximum atomic E-state index is 12.0. The zero-order valence-electron chi connectivity index (χ0n) is 10.2. The molecule has 6 heteroatoms. The Labute approximate surface area is 101 Å². The predicted molar refractivity (Wildman–Crippen MR) is 61.8 cm³/mol. The minimum absolute atomic E-state index is 0.0828. The number of carbonyl (C=O) groups excluding carboxylic acids is 3. The molecule has 1 aliphatic rings. The first-order chi connectivity index (χ1) is 8.01. The van der Waals surface area contributed by atoms with Crippen LogP contribution in [0.15, 0.2) is 0 Å². The molecule has 17 heavy (non-hydrogen) atoms. The van der Waals surface area contributed by atoms with E-state index < -0.39 is 23.9 Å². The van der Waals surface area contributed by atoms with Gasteiger partial charge in [-0.05, 0) is 12.8 Å². The second kappa shape index (κ2) is 5.77. The van der Waals surface area contributed by atoms with Crippen LogP contribution in [0.1, 0.15) is 33.1 Å². The van der Waals surface area contributed by atoms with Crippen molar-refractivity contribution in [2.75, 3.05) is 6.54 Å². The van der Waals surface area contributed by atoms with Gasteiger partial charge < -0.3 is 10.6 Å². The van der Waals surface area contributed by atoms with Crippen LogP contribution in [0.2, 0.25) is 0 Å². The van der Waals surface area contributed by atoms with Crippen molar-refractivity contribution in [3.8, 4) is 0 Å². The molecule has 0 saturated carbocycles. The summed E-state index contributed by atoms with van der Waals surface area (Å²) in [5, 5.41) is 2.22. The van der Waals surface area contributed by atoms with Gasteiger partial charge in [0.15, 0.2) is 0 Å². The van der Waals surface area contributed by atoms with Crippen molar-refractivity contribution in [1.29, 1.82) is 0 Å². The number of amides is 3. The molecule has 0 spiro atoms. The minimum atomic E-state index is -0.632. The van der Waals surface area contributed by atoms with Crippen molar-refractivity contribution in [1.82, 2.24) is 10.2 Å². The number of imide groups is 1. The Kier molecular flexibility index (Phi) is 4.62. The molecular weight excluding hydrogens is 222 g/mol. The summed E-state index contributed by atoms with van der Waals surface area (Å²) in [5.74, 6) is -1.18. The standard InChI is InChI=1S/C11H19N3O3/c1-3-5-7(12)11(17)14-6-9(15)13-10(16)8(14)4-2/h7-8H,3-6,12H2,1-2H3,(H,13,15,16)/t7-,8?/m1/s1. The Morgan fingerprint density at radius 3 is 2.71 bits per heavy atom. The number of nitrogens with two attached hydrogens (primary N) is 1. The molecule has 1 heterocycles. The lowest BCUT2D eigenvalue weighted by Gasteiger charge is -2.34. The summed E-state index contributed by atoms with van der Waals surface area (Å²) in [6.45, 7) is 3.64. The lowest BCUT2D eigenvalue weighted by Crippen LogP contribution is -2.62. The zero-order valence-corrected chi connectivity index (χ0v) is 10.2. The van der Waals surface area contributed by atoms with Gasteiger partial charge in [-0.25, -0.2) is 0 Å². The number of carbonyl (C=O) groups is 3. The number of hydrogen-bond donors (Lipinski definition) is 2. The van der Waals surface area contributed by atoms with E-state index in [1.54, 1.807) is 6.92 Å². The van der Waals surface area contributed by atoms with Gasteiger partial charge in [-0.3, -0.25) is 19.7 Å². The molecule has 0 aromatic carbocycles. The van der Waals surface area contributed by atoms with Gasteiger partial charge in [-0.1, -0.05) is 20.3 Å². The van der Waals surface area contributed by atoms with E-state index in [1.807, 2.05) is 6.92 Å². The van der Waals surface area contributed by atoms with E-state index in [1.165, 1.54) is 4.90 Å². The zero-order chi connectivity index (χ0) is 13.0. The first-order valence-corrected chi connectivity index (χ1v) is 5.91. The average Bonchev–Trinajstić information content (AvgIpc) is 2.27. The number of nitrogens with one attached hydrogen (secondary N) is 1. The van der Waals surface area contributed by atoms with E-state index in [4.69, 9.17) is 5.73 Å². The molecular formula is C11H19N3O3. The SMILES string of the molecule is CCC[C@@H](N)C(=O)N1CC(=O)NC(=O)C1CC. The van der Waals surface area contributed by atoms with Gasteiger partial charge >= 0.3 is 0 Å². The fourth-order valence-corrected chi connectivity index (χ4v) is 1.95. The van der Waals surface area contributed by atoms with Crippen LogP contribution in [0.4, 0.5) is 0 Å². The predicted octanol–water partition coefficient (Wildman–Crippen LogP) is -0.623. The van der Waals surface area contributed by atoms with Gasteiger partial charge in [0.25, 0.3) is 0 Å². The van der Waals surface area contributed by atoms with Crippen molar-refractivity contribution >= 4 is 17.7 Å². The van der Waals surface area contributed by atoms with Gasteiger partial charge in [0, 0.05) is 0 Å². The molecule has 3 amide bonds. The van der Waals surface area contributed by atoms with Crippen LogP contribution in [-0.4, -0.2) is 41.2 Å². The molecule has 96 valence electrons. The van der Waals surface area contributed by atoms with Gasteiger partial charge in [-0.15, -0.1) is 0 Å². The molecule has 0 aromatic heterocycles. The molecule has 1 unspecified atom stereocenters. The van der Waals surface area contributed by atoms with Gasteiger partial charge in [0.1, 0.15) is 12.6 Å². The second-order valence-corrected chi connectivity index (χ2v) is 4.20. The van der Waals surface area contributed by atoms with Crippen LogP contribution in [0, 0.1) is 0 Å². The molecule has 1 rings (SSSR count). The van der Waals surface area contributed by atoms with Gasteiger partial charge in [0.05, 0.1) is 6.04 Å². The lowest BCUT2D eigenvalue weighted by atomic mass is 10.1. The maximum absolute atomic E-state index is 12.0. The third-order valence-corrected chi connectivity index (χ3v) is 2.84. The van der Waals surface area contributed by atoms with E-state index in [0.717, 1.165) is 6.42 Å². The highest BCUT2D eigenvalue weighted by Crippen LogP contribution is 2.11. The molecule has 3 N–H and O–H groups in total. The highest BCUT2D eigenvalue weighted by atomic mass is 16.2. The number of rotatable bonds is 4. The lowest BCUT2D eigenvalue weighted by molar-refractivity contribution is -0.150. The van der Waals surface area contributed by atoms with Crippen molar-refractivity contribution in [2.45, 2.75) is 45.2 Å². The third-order valence-electron chi connectivity index (χ3n) is 2.84. The fraction of sp³-hybridized carbons (Fsp3) is 0.727. The Balaban J connectivity index is 2.81. The van der Waals surface area contributed by atoms with Crippen LogP contribution in [0.25, 0.3) is 0 Å². The molecule has 0 aromatic rings. The van der Waals surface area contributed by atoms with Crippen molar-refractivity contribution in [3.63, 3.8) is 0 Å². The highest BCUT2D eigenvalue weighted by Gasteiger charge is 2.36. The average molecular weight is 241 g/mol. The molecule has 0 bridgehead atoms. The molecule has 1 aliphatic heterocycles. The summed E-state index contributed by atoms with van der Waals surface area (Å²) in [4.78, 5) is 36.1. The molecule has 0 aliphatic carbocycles. The van der Waals surface area contributed by atoms with E-state index in [0.29, 0.717) is 12.8 Å². The van der Waals surface area contributed by atoms with E-state index in [2.05, 4.69) is 5.32 Å². The van der Waals surface area contributed by atoms with E-state index in [9.17, 15) is 14.4 Å². The third kappa shape index (κ3) is 3.03. The van der Waals surface area contributed by atoms with E-state index >= 15 is 0 Å². The summed E-state index contributed by atoms with van der Waals surface area (Å²) in [6, 6.07) is -1.21. The monoisotopic (exact) mass is 241 g/mol. The Hall–Kier alpha value is -1.43. The number of nitrogens with zero attached hydrogens (tertiary/aromatic N) is 1. The summed E-state index contributed by atoms with van der Waals surface area (Å²) >= 11 is 0. The largest absolute Gasteiger partial charge is 0.320 e. The molecule has 2 atom stereocenters. The second-order valence-electron chi connectivity index (χ2n) is 4.20.